The van der Waals surface area contributed by atoms with Crippen molar-refractivity contribution in [3.63, 3.8) is 0 Å². The summed E-state index contributed by atoms with van der Waals surface area (Å²) in [5.41, 5.74) is 0.142. The van der Waals surface area contributed by atoms with Crippen LogP contribution < -0.4 is 20.4 Å². The molecular formula is C24H30B2O6. The first-order chi connectivity index (χ1) is 14.8. The zero-order valence-electron chi connectivity index (χ0n) is 20.1. The smallest absolute Gasteiger partial charge is 0.450 e. The van der Waals surface area contributed by atoms with Crippen LogP contribution in [0.3, 0.4) is 0 Å². The van der Waals surface area contributed by atoms with Crippen LogP contribution in [0.2, 0.25) is 0 Å². The molecular weight excluding hydrogens is 406 g/mol. The average Bonchev–Trinajstić information content (AvgIpc) is 3.05. The van der Waals surface area contributed by atoms with Crippen LogP contribution in [0.15, 0.2) is 36.4 Å². The third kappa shape index (κ3) is 3.36. The second-order valence-electron chi connectivity index (χ2n) is 10.8. The van der Waals surface area contributed by atoms with Crippen molar-refractivity contribution < 1.29 is 28.1 Å². The van der Waals surface area contributed by atoms with Crippen molar-refractivity contribution in [3.8, 4) is 23.0 Å². The van der Waals surface area contributed by atoms with E-state index in [-0.39, 0.29) is 0 Å². The van der Waals surface area contributed by atoms with E-state index in [2.05, 4.69) is 0 Å². The summed E-state index contributed by atoms with van der Waals surface area (Å²) < 4.78 is 37.1. The SMILES string of the molecule is CC1(C)OB(c2ccc3c(c2)Oc2cc(B4OC(C)(C)C(C)(C)O4)ccc2O3)OC1(C)C. The van der Waals surface area contributed by atoms with Gasteiger partial charge in [-0.1, -0.05) is 12.1 Å². The Morgan fingerprint density at radius 3 is 1.12 bits per heavy atom. The van der Waals surface area contributed by atoms with Crippen LogP contribution in [0.1, 0.15) is 55.4 Å². The van der Waals surface area contributed by atoms with Crippen LogP contribution in [0.5, 0.6) is 23.0 Å². The van der Waals surface area contributed by atoms with Gasteiger partial charge in [-0.3, -0.25) is 0 Å². The van der Waals surface area contributed by atoms with Gasteiger partial charge in [0, 0.05) is 0 Å². The first-order valence-electron chi connectivity index (χ1n) is 11.1. The van der Waals surface area contributed by atoms with E-state index in [9.17, 15) is 0 Å². The van der Waals surface area contributed by atoms with E-state index in [0.29, 0.717) is 23.0 Å². The van der Waals surface area contributed by atoms with Crippen LogP contribution in [0.4, 0.5) is 0 Å². The summed E-state index contributed by atoms with van der Waals surface area (Å²) in [5.74, 6) is 2.55. The Bertz CT molecular complexity index is 963. The Labute approximate surface area is 190 Å². The molecule has 0 N–H and O–H groups in total. The van der Waals surface area contributed by atoms with E-state index in [1.807, 2.05) is 91.8 Å². The molecule has 2 aromatic rings. The summed E-state index contributed by atoms with van der Waals surface area (Å²) in [6.45, 7) is 16.3. The number of benzene rings is 2. The molecule has 8 heteroatoms. The summed E-state index contributed by atoms with van der Waals surface area (Å²) in [6.07, 6.45) is 0. The molecule has 0 unspecified atom stereocenters. The minimum Gasteiger partial charge on any atom is -0.450 e. The van der Waals surface area contributed by atoms with Gasteiger partial charge in [-0.05, 0) is 90.6 Å². The molecule has 2 fully saturated rings. The largest absolute Gasteiger partial charge is 0.494 e. The summed E-state index contributed by atoms with van der Waals surface area (Å²) in [7, 11) is -0.933. The van der Waals surface area contributed by atoms with Crippen molar-refractivity contribution in [2.24, 2.45) is 0 Å². The average molecular weight is 436 g/mol. The number of hydrogen-bond donors (Lipinski definition) is 0. The quantitative estimate of drug-likeness (QED) is 0.562. The van der Waals surface area contributed by atoms with E-state index >= 15 is 0 Å². The number of hydrogen-bond acceptors (Lipinski definition) is 6. The predicted octanol–water partition coefficient (Wildman–Crippen LogP) is 4.18. The Hall–Kier alpha value is -1.99. The summed E-state index contributed by atoms with van der Waals surface area (Å²) >= 11 is 0. The predicted molar refractivity (Wildman–Crippen MR) is 124 cm³/mol. The van der Waals surface area contributed by atoms with Crippen molar-refractivity contribution in [2.45, 2.75) is 77.8 Å². The lowest BCUT2D eigenvalue weighted by atomic mass is 9.78. The molecule has 0 amide bonds. The molecule has 3 heterocycles. The highest BCUT2D eigenvalue weighted by Gasteiger charge is 2.53. The molecule has 6 nitrogen and oxygen atoms in total. The summed E-state index contributed by atoms with van der Waals surface area (Å²) in [4.78, 5) is 0. The molecule has 0 spiro atoms. The van der Waals surface area contributed by atoms with Gasteiger partial charge in [0.2, 0.25) is 0 Å². The Kier molecular flexibility index (Phi) is 4.61. The van der Waals surface area contributed by atoms with Gasteiger partial charge in [-0.25, -0.2) is 0 Å². The normalized spacial score (nSPS) is 23.9. The van der Waals surface area contributed by atoms with E-state index in [1.54, 1.807) is 0 Å². The fraction of sp³-hybridized carbons (Fsp3) is 0.500. The highest BCUT2D eigenvalue weighted by Crippen LogP contribution is 2.45. The van der Waals surface area contributed by atoms with E-state index in [4.69, 9.17) is 28.1 Å². The first-order valence-corrected chi connectivity index (χ1v) is 11.1. The highest BCUT2D eigenvalue weighted by molar-refractivity contribution is 6.62. The van der Waals surface area contributed by atoms with Gasteiger partial charge in [0.25, 0.3) is 0 Å². The minimum absolute atomic E-state index is 0.407. The zero-order valence-corrected chi connectivity index (χ0v) is 20.1. The molecule has 2 saturated heterocycles. The van der Waals surface area contributed by atoms with Gasteiger partial charge in [0.1, 0.15) is 0 Å². The van der Waals surface area contributed by atoms with E-state index < -0.39 is 36.6 Å². The maximum atomic E-state index is 6.24. The van der Waals surface area contributed by atoms with Gasteiger partial charge in [0.15, 0.2) is 23.0 Å². The Morgan fingerprint density at radius 1 is 0.469 bits per heavy atom. The molecule has 3 aliphatic rings. The van der Waals surface area contributed by atoms with Crippen LogP contribution in [-0.2, 0) is 18.6 Å². The van der Waals surface area contributed by atoms with Gasteiger partial charge < -0.3 is 28.1 Å². The number of fused-ring (bicyclic) bond motifs is 2. The molecule has 5 rings (SSSR count). The lowest BCUT2D eigenvalue weighted by molar-refractivity contribution is 0.00578. The highest BCUT2D eigenvalue weighted by atomic mass is 16.7. The van der Waals surface area contributed by atoms with Gasteiger partial charge >= 0.3 is 14.2 Å². The van der Waals surface area contributed by atoms with Crippen molar-refractivity contribution in [3.05, 3.63) is 36.4 Å². The monoisotopic (exact) mass is 436 g/mol. The van der Waals surface area contributed by atoms with Crippen molar-refractivity contribution >= 4 is 25.2 Å². The van der Waals surface area contributed by atoms with Crippen molar-refractivity contribution in [1.82, 2.24) is 0 Å². The van der Waals surface area contributed by atoms with Crippen LogP contribution in [-0.4, -0.2) is 36.6 Å². The van der Waals surface area contributed by atoms with Crippen molar-refractivity contribution in [2.75, 3.05) is 0 Å². The topological polar surface area (TPSA) is 55.4 Å². The fourth-order valence-corrected chi connectivity index (χ4v) is 3.87. The fourth-order valence-electron chi connectivity index (χ4n) is 3.87. The maximum absolute atomic E-state index is 6.24. The number of rotatable bonds is 2. The lowest BCUT2D eigenvalue weighted by Gasteiger charge is -2.32. The zero-order chi connectivity index (χ0) is 23.1. The minimum atomic E-state index is -0.466. The second kappa shape index (κ2) is 6.76. The molecule has 0 saturated carbocycles. The molecule has 3 aliphatic heterocycles. The molecule has 0 bridgehead atoms. The molecule has 168 valence electrons. The lowest BCUT2D eigenvalue weighted by Crippen LogP contribution is -2.41. The summed E-state index contributed by atoms with van der Waals surface area (Å²) in [5, 5.41) is 0. The molecule has 0 radical (unpaired) electrons. The van der Waals surface area contributed by atoms with E-state index in [0.717, 1.165) is 10.9 Å². The number of ether oxygens (including phenoxy) is 2. The van der Waals surface area contributed by atoms with Gasteiger partial charge in [0.05, 0.1) is 22.4 Å². The second-order valence-corrected chi connectivity index (χ2v) is 10.8. The third-order valence-corrected chi connectivity index (χ3v) is 7.43. The van der Waals surface area contributed by atoms with E-state index in [1.165, 1.54) is 0 Å². The van der Waals surface area contributed by atoms with Crippen LogP contribution in [0, 0.1) is 0 Å². The molecule has 2 aromatic carbocycles. The Balaban J connectivity index is 1.40. The van der Waals surface area contributed by atoms with Crippen LogP contribution in [0.25, 0.3) is 0 Å². The van der Waals surface area contributed by atoms with Crippen molar-refractivity contribution in [1.29, 1.82) is 0 Å². The molecule has 0 atom stereocenters. The summed E-state index contributed by atoms with van der Waals surface area (Å²) in [6, 6.07) is 11.5. The first kappa shape index (κ1) is 21.8. The molecule has 0 aliphatic carbocycles. The maximum Gasteiger partial charge on any atom is 0.494 e. The third-order valence-electron chi connectivity index (χ3n) is 7.43. The van der Waals surface area contributed by atoms with Crippen LogP contribution >= 0.6 is 0 Å². The van der Waals surface area contributed by atoms with Gasteiger partial charge in [-0.2, -0.15) is 0 Å². The molecule has 32 heavy (non-hydrogen) atoms. The van der Waals surface area contributed by atoms with Gasteiger partial charge in [-0.15, -0.1) is 0 Å². The Morgan fingerprint density at radius 2 is 0.781 bits per heavy atom. The molecule has 0 aromatic heterocycles. The standard InChI is InChI=1S/C24H30B2O6/c1-21(2)22(3,4)30-25(29-21)15-9-11-17-19(13-15)28-20-14-16(10-12-18(20)27-17)26-31-23(5,6)24(7,8)32-26/h9-14H,1-8H3.